The van der Waals surface area contributed by atoms with E-state index in [-0.39, 0.29) is 46.8 Å². The molecule has 0 aliphatic carbocycles. The number of aliphatic hydroxyl groups excluding tert-OH is 1. The summed E-state index contributed by atoms with van der Waals surface area (Å²) < 4.78 is 45.7. The molecular formula is C28H33N3O7S2. The molecule has 3 atom stereocenters. The fourth-order valence-corrected chi connectivity index (χ4v) is 6.89. The van der Waals surface area contributed by atoms with Crippen LogP contribution in [0.4, 0.5) is 5.69 Å². The molecule has 10 nitrogen and oxygen atoms in total. The van der Waals surface area contributed by atoms with E-state index in [0.29, 0.717) is 25.4 Å². The van der Waals surface area contributed by atoms with Gasteiger partial charge in [-0.15, -0.1) is 11.3 Å². The molecule has 3 aromatic rings. The Morgan fingerprint density at radius 1 is 1.15 bits per heavy atom. The van der Waals surface area contributed by atoms with Crippen molar-refractivity contribution < 1.29 is 32.5 Å². The molecule has 12 heteroatoms. The number of ether oxygens (including phenoxy) is 3. The van der Waals surface area contributed by atoms with Gasteiger partial charge in [0.1, 0.15) is 16.1 Å². The lowest BCUT2D eigenvalue weighted by Crippen LogP contribution is -2.49. The largest absolute Gasteiger partial charge is 0.488 e. The van der Waals surface area contributed by atoms with E-state index in [9.17, 15) is 18.3 Å². The molecule has 0 fully saturated rings. The van der Waals surface area contributed by atoms with Gasteiger partial charge in [0.05, 0.1) is 18.2 Å². The summed E-state index contributed by atoms with van der Waals surface area (Å²) in [6.45, 7) is 5.42. The standard InChI is InChI=1S/C28H33N3O7S2/c1-18-13-31(19(2)16-32)28(33)22-12-21(29-40(34,35)27-5-4-10-39-27)7-9-23(22)38-26(18)15-30(3)14-20-6-8-24-25(11-20)37-17-36-24/h4-12,18-19,26,29,32H,13-17H2,1-3H3/t18-,19+,26+/m1/s1. The minimum atomic E-state index is -3.79. The topological polar surface area (TPSA) is 118 Å². The van der Waals surface area contributed by atoms with Crippen LogP contribution in [0.1, 0.15) is 29.8 Å². The molecule has 214 valence electrons. The summed E-state index contributed by atoms with van der Waals surface area (Å²) in [4.78, 5) is 17.4. The van der Waals surface area contributed by atoms with Gasteiger partial charge in [-0.2, -0.15) is 0 Å². The van der Waals surface area contributed by atoms with Gasteiger partial charge >= 0.3 is 0 Å². The van der Waals surface area contributed by atoms with Gasteiger partial charge in [-0.3, -0.25) is 14.4 Å². The number of anilines is 1. The molecule has 40 heavy (non-hydrogen) atoms. The van der Waals surface area contributed by atoms with Crippen LogP contribution >= 0.6 is 11.3 Å². The number of rotatable bonds is 9. The molecule has 2 N–H and O–H groups in total. The molecule has 5 rings (SSSR count). The summed E-state index contributed by atoms with van der Waals surface area (Å²) in [6, 6.07) is 13.4. The third-order valence-corrected chi connectivity index (χ3v) is 9.84. The SMILES string of the molecule is C[C@@H]1CN([C@@H](C)CO)C(=O)c2cc(NS(=O)(=O)c3cccs3)ccc2O[C@H]1CN(C)Cc1ccc2c(c1)OCO2. The average Bonchev–Trinajstić information content (AvgIpc) is 3.63. The van der Waals surface area contributed by atoms with Crippen molar-refractivity contribution in [3.63, 3.8) is 0 Å². The number of thiophene rings is 1. The predicted octanol–water partition coefficient (Wildman–Crippen LogP) is 3.63. The van der Waals surface area contributed by atoms with Gasteiger partial charge in [0.15, 0.2) is 11.5 Å². The van der Waals surface area contributed by atoms with Crippen molar-refractivity contribution in [2.75, 3.05) is 38.3 Å². The molecule has 1 amide bonds. The predicted molar refractivity (Wildman–Crippen MR) is 152 cm³/mol. The number of nitrogens with one attached hydrogen (secondary N) is 1. The van der Waals surface area contributed by atoms with Crippen LogP contribution in [0.2, 0.25) is 0 Å². The molecule has 0 radical (unpaired) electrons. The van der Waals surface area contributed by atoms with Crippen molar-refractivity contribution in [1.29, 1.82) is 0 Å². The summed E-state index contributed by atoms with van der Waals surface area (Å²) in [7, 11) is -1.79. The van der Waals surface area contributed by atoms with Crippen LogP contribution in [0.15, 0.2) is 58.1 Å². The lowest BCUT2D eigenvalue weighted by atomic mass is 9.99. The second-order valence-electron chi connectivity index (χ2n) is 10.3. The quantitative estimate of drug-likeness (QED) is 0.390. The third kappa shape index (κ3) is 6.04. The number of sulfonamides is 1. The second kappa shape index (κ2) is 11.7. The average molecular weight is 588 g/mol. The number of aliphatic hydroxyl groups is 1. The van der Waals surface area contributed by atoms with Gasteiger partial charge in [-0.05, 0) is 61.3 Å². The van der Waals surface area contributed by atoms with Gasteiger partial charge in [0.25, 0.3) is 15.9 Å². The van der Waals surface area contributed by atoms with Gasteiger partial charge in [0, 0.05) is 31.2 Å². The number of fused-ring (bicyclic) bond motifs is 2. The molecule has 3 heterocycles. The molecule has 0 bridgehead atoms. The smallest absolute Gasteiger partial charge is 0.271 e. The number of carbonyl (C=O) groups is 1. The first-order valence-electron chi connectivity index (χ1n) is 13.0. The van der Waals surface area contributed by atoms with Crippen molar-refractivity contribution in [3.05, 3.63) is 65.0 Å². The Morgan fingerprint density at radius 2 is 1.93 bits per heavy atom. The number of benzene rings is 2. The van der Waals surface area contributed by atoms with Crippen molar-refractivity contribution >= 4 is 33.0 Å². The van der Waals surface area contributed by atoms with Crippen molar-refractivity contribution in [2.24, 2.45) is 5.92 Å². The number of likely N-dealkylation sites (N-methyl/N-ethyl adjacent to an activating group) is 1. The Morgan fingerprint density at radius 3 is 2.67 bits per heavy atom. The number of carbonyl (C=O) groups excluding carboxylic acids is 1. The maximum atomic E-state index is 13.7. The highest BCUT2D eigenvalue weighted by atomic mass is 32.2. The summed E-state index contributed by atoms with van der Waals surface area (Å²) in [6.07, 6.45) is -0.284. The maximum absolute atomic E-state index is 13.7. The Hall–Kier alpha value is -3.32. The van der Waals surface area contributed by atoms with Crippen LogP contribution in [-0.4, -0.2) is 74.9 Å². The lowest BCUT2D eigenvalue weighted by Gasteiger charge is -2.38. The van der Waals surface area contributed by atoms with Crippen LogP contribution in [0, 0.1) is 5.92 Å². The highest BCUT2D eigenvalue weighted by Crippen LogP contribution is 2.34. The third-order valence-electron chi connectivity index (χ3n) is 7.06. The molecule has 0 saturated carbocycles. The molecule has 2 aliphatic rings. The number of hydrogen-bond acceptors (Lipinski definition) is 9. The van der Waals surface area contributed by atoms with Crippen LogP contribution in [-0.2, 0) is 16.6 Å². The highest BCUT2D eigenvalue weighted by Gasteiger charge is 2.34. The van der Waals surface area contributed by atoms with Crippen LogP contribution in [0.25, 0.3) is 0 Å². The zero-order valence-electron chi connectivity index (χ0n) is 22.6. The molecule has 0 saturated heterocycles. The number of nitrogens with zero attached hydrogens (tertiary/aromatic N) is 2. The molecular weight excluding hydrogens is 554 g/mol. The van der Waals surface area contributed by atoms with E-state index in [1.165, 1.54) is 12.1 Å². The Kier molecular flexibility index (Phi) is 8.22. The Balaban J connectivity index is 1.40. The minimum absolute atomic E-state index is 0.0534. The van der Waals surface area contributed by atoms with E-state index < -0.39 is 16.1 Å². The fraction of sp³-hybridized carbons (Fsp3) is 0.393. The van der Waals surface area contributed by atoms with E-state index in [2.05, 4.69) is 9.62 Å². The zero-order valence-corrected chi connectivity index (χ0v) is 24.2. The van der Waals surface area contributed by atoms with E-state index >= 15 is 0 Å². The van der Waals surface area contributed by atoms with Gasteiger partial charge in [-0.25, -0.2) is 8.42 Å². The lowest BCUT2D eigenvalue weighted by molar-refractivity contribution is 0.0341. The van der Waals surface area contributed by atoms with Crippen LogP contribution in [0.3, 0.4) is 0 Å². The summed E-state index contributed by atoms with van der Waals surface area (Å²) in [5.41, 5.74) is 1.56. The van der Waals surface area contributed by atoms with Crippen molar-refractivity contribution in [2.45, 2.75) is 36.7 Å². The molecule has 0 spiro atoms. The Labute approximate surface area is 238 Å². The van der Waals surface area contributed by atoms with Crippen LogP contribution in [0.5, 0.6) is 17.2 Å². The normalized spacial score (nSPS) is 19.5. The first kappa shape index (κ1) is 28.2. The van der Waals surface area contributed by atoms with E-state index in [1.54, 1.807) is 35.4 Å². The van der Waals surface area contributed by atoms with Crippen molar-refractivity contribution in [1.82, 2.24) is 9.80 Å². The second-order valence-corrected chi connectivity index (χ2v) is 13.1. The van der Waals surface area contributed by atoms with E-state index in [1.807, 2.05) is 32.2 Å². The molecule has 2 aliphatic heterocycles. The van der Waals surface area contributed by atoms with Crippen molar-refractivity contribution in [3.8, 4) is 17.2 Å². The van der Waals surface area contributed by atoms with Gasteiger partial charge in [0.2, 0.25) is 6.79 Å². The number of amides is 1. The van der Waals surface area contributed by atoms with Gasteiger partial charge < -0.3 is 24.2 Å². The summed E-state index contributed by atoms with van der Waals surface area (Å²) in [5, 5.41) is 11.6. The first-order valence-corrected chi connectivity index (χ1v) is 15.4. The monoisotopic (exact) mass is 587 g/mol. The first-order chi connectivity index (χ1) is 19.1. The van der Waals surface area contributed by atoms with E-state index in [0.717, 1.165) is 28.4 Å². The van der Waals surface area contributed by atoms with Crippen LogP contribution < -0.4 is 18.9 Å². The van der Waals surface area contributed by atoms with E-state index in [4.69, 9.17) is 14.2 Å². The summed E-state index contributed by atoms with van der Waals surface area (Å²) >= 11 is 1.11. The highest BCUT2D eigenvalue weighted by molar-refractivity contribution is 7.94. The number of hydrogen-bond donors (Lipinski definition) is 2. The minimum Gasteiger partial charge on any atom is -0.488 e. The maximum Gasteiger partial charge on any atom is 0.271 e. The Bertz CT molecular complexity index is 1460. The fourth-order valence-electron chi connectivity index (χ4n) is 4.85. The zero-order chi connectivity index (χ0) is 28.4. The molecule has 0 unspecified atom stereocenters. The van der Waals surface area contributed by atoms with Gasteiger partial charge in [-0.1, -0.05) is 19.1 Å². The summed E-state index contributed by atoms with van der Waals surface area (Å²) in [5.74, 6) is 1.45. The molecule has 1 aromatic heterocycles. The molecule has 2 aromatic carbocycles.